The van der Waals surface area contributed by atoms with Gasteiger partial charge in [-0.15, -0.1) is 0 Å². The van der Waals surface area contributed by atoms with Crippen molar-refractivity contribution < 1.29 is 23.7 Å². The van der Waals surface area contributed by atoms with Gasteiger partial charge in [0.2, 0.25) is 5.88 Å². The third-order valence-corrected chi connectivity index (χ3v) is 4.27. The molecule has 0 bridgehead atoms. The number of ether oxygens (including phenoxy) is 4. The van der Waals surface area contributed by atoms with Crippen LogP contribution in [0.3, 0.4) is 0 Å². The maximum Gasteiger partial charge on any atom is 0.434 e. The second-order valence-electron chi connectivity index (χ2n) is 6.50. The molecule has 1 amide bonds. The molecule has 8 heteroatoms. The van der Waals surface area contributed by atoms with Gasteiger partial charge >= 0.3 is 6.09 Å². The predicted molar refractivity (Wildman–Crippen MR) is 115 cm³/mol. The molecular weight excluding hydrogens is 398 g/mol. The molecule has 0 saturated heterocycles. The number of hydrogen-bond acceptors (Lipinski definition) is 6. The quantitative estimate of drug-likeness (QED) is 0.546. The van der Waals surface area contributed by atoms with E-state index in [1.54, 1.807) is 43.2 Å². The second kappa shape index (κ2) is 10.8. The van der Waals surface area contributed by atoms with E-state index in [2.05, 4.69) is 10.1 Å². The van der Waals surface area contributed by atoms with Gasteiger partial charge in [0, 0.05) is 6.07 Å². The monoisotopic (exact) mass is 423 g/mol. The summed E-state index contributed by atoms with van der Waals surface area (Å²) < 4.78 is 23.2. The fraction of sp³-hybridized carbons (Fsp3) is 0.261. The third-order valence-electron chi connectivity index (χ3n) is 4.27. The van der Waals surface area contributed by atoms with Crippen LogP contribution in [0.4, 0.5) is 4.79 Å². The molecule has 31 heavy (non-hydrogen) atoms. The van der Waals surface area contributed by atoms with E-state index >= 15 is 0 Å². The highest BCUT2D eigenvalue weighted by atomic mass is 16.5. The molecular formula is C23H25N3O5. The van der Waals surface area contributed by atoms with Crippen LogP contribution in [0.25, 0.3) is 5.69 Å². The summed E-state index contributed by atoms with van der Waals surface area (Å²) in [7, 11) is 3.11. The molecule has 2 aromatic carbocycles. The summed E-state index contributed by atoms with van der Waals surface area (Å²) in [6, 6.07) is 16.5. The largest absolute Gasteiger partial charge is 0.493 e. The zero-order valence-corrected chi connectivity index (χ0v) is 17.8. The smallest absolute Gasteiger partial charge is 0.434 e. The zero-order valence-electron chi connectivity index (χ0n) is 17.8. The highest BCUT2D eigenvalue weighted by molar-refractivity contribution is 5.68. The Labute approximate surface area is 180 Å². The fourth-order valence-corrected chi connectivity index (χ4v) is 2.79. The lowest BCUT2D eigenvalue weighted by atomic mass is 10.2. The average molecular weight is 423 g/mol. The van der Waals surface area contributed by atoms with E-state index in [1.165, 1.54) is 6.20 Å². The Morgan fingerprint density at radius 3 is 2.52 bits per heavy atom. The van der Waals surface area contributed by atoms with Crippen LogP contribution in [0.15, 0.2) is 65.8 Å². The normalized spacial score (nSPS) is 11.1. The Balaban J connectivity index is 1.77. The van der Waals surface area contributed by atoms with Crippen LogP contribution in [0.5, 0.6) is 17.4 Å². The van der Waals surface area contributed by atoms with Crippen molar-refractivity contribution in [1.82, 2.24) is 9.78 Å². The van der Waals surface area contributed by atoms with E-state index in [0.717, 1.165) is 17.7 Å². The lowest BCUT2D eigenvalue weighted by Crippen LogP contribution is -2.16. The minimum Gasteiger partial charge on any atom is -0.493 e. The number of rotatable bonds is 8. The van der Waals surface area contributed by atoms with Gasteiger partial charge in [-0.25, -0.2) is 9.48 Å². The second-order valence-corrected chi connectivity index (χ2v) is 6.50. The molecule has 3 rings (SSSR count). The summed E-state index contributed by atoms with van der Waals surface area (Å²) in [5.41, 5.74) is 1.59. The molecule has 0 spiro atoms. The Bertz CT molecular complexity index is 1080. The number of hydrogen-bond donors (Lipinski definition) is 0. The first-order valence-corrected chi connectivity index (χ1v) is 9.84. The summed E-state index contributed by atoms with van der Waals surface area (Å²) in [5, 5.41) is 4.72. The highest BCUT2D eigenvalue weighted by Gasteiger charge is 2.08. The molecule has 1 heterocycles. The fourth-order valence-electron chi connectivity index (χ4n) is 2.79. The number of para-hydroxylation sites is 1. The van der Waals surface area contributed by atoms with Crippen molar-refractivity contribution in [2.45, 2.75) is 20.0 Å². The standard InChI is InChI=1S/C23H25N3O5/c1-4-12-30-22-14-18(15-24-26(22)19-8-6-5-7-9-19)25-23(27)31-16-17-10-11-20(28-2)21(13-17)29-3/h5-11,13-15H,4,12,16H2,1-3H3. The van der Waals surface area contributed by atoms with E-state index in [-0.39, 0.29) is 6.61 Å². The Morgan fingerprint density at radius 2 is 1.81 bits per heavy atom. The van der Waals surface area contributed by atoms with Gasteiger partial charge in [-0.2, -0.15) is 10.1 Å². The van der Waals surface area contributed by atoms with Gasteiger partial charge in [-0.05, 0) is 36.2 Å². The van der Waals surface area contributed by atoms with Gasteiger partial charge in [0.25, 0.3) is 0 Å². The Hall–Kier alpha value is -3.81. The number of carbonyl (C=O) groups excluding carboxylic acids is 1. The van der Waals surface area contributed by atoms with Crippen molar-refractivity contribution in [3.05, 3.63) is 71.7 Å². The molecule has 0 aliphatic carbocycles. The van der Waals surface area contributed by atoms with Crippen molar-refractivity contribution in [2.75, 3.05) is 20.8 Å². The number of aromatic nitrogens is 2. The molecule has 0 atom stereocenters. The minimum atomic E-state index is -0.726. The van der Waals surface area contributed by atoms with Crippen molar-refractivity contribution >= 4 is 6.09 Å². The molecule has 162 valence electrons. The van der Waals surface area contributed by atoms with Crippen LogP contribution >= 0.6 is 0 Å². The van der Waals surface area contributed by atoms with Crippen LogP contribution in [0.1, 0.15) is 18.9 Å². The highest BCUT2D eigenvalue weighted by Crippen LogP contribution is 2.27. The molecule has 0 unspecified atom stereocenters. The third kappa shape index (κ3) is 5.85. The minimum absolute atomic E-state index is 0.0478. The van der Waals surface area contributed by atoms with E-state index < -0.39 is 6.09 Å². The molecule has 8 nitrogen and oxygen atoms in total. The van der Waals surface area contributed by atoms with Crippen LogP contribution in [0, 0.1) is 0 Å². The van der Waals surface area contributed by atoms with Crippen LogP contribution in [-0.4, -0.2) is 36.7 Å². The van der Waals surface area contributed by atoms with Crippen molar-refractivity contribution in [1.29, 1.82) is 0 Å². The number of benzene rings is 2. The van der Waals surface area contributed by atoms with Crippen molar-refractivity contribution in [3.63, 3.8) is 0 Å². The van der Waals surface area contributed by atoms with E-state index in [1.807, 2.05) is 37.3 Å². The number of amides is 1. The summed E-state index contributed by atoms with van der Waals surface area (Å²) in [4.78, 5) is 16.2. The molecule has 0 radical (unpaired) electrons. The topological polar surface area (TPSA) is 84.2 Å². The molecule has 0 aliphatic rings. The predicted octanol–water partition coefficient (Wildman–Crippen LogP) is 3.92. The van der Waals surface area contributed by atoms with Crippen LogP contribution in [0.2, 0.25) is 0 Å². The van der Waals surface area contributed by atoms with Gasteiger partial charge in [0.1, 0.15) is 6.61 Å². The summed E-state index contributed by atoms with van der Waals surface area (Å²) in [5.74, 6) is 1.65. The molecule has 0 aliphatic heterocycles. The maximum atomic E-state index is 12.2. The lowest BCUT2D eigenvalue weighted by molar-refractivity contribution is 0.149. The SMILES string of the molecule is CCCOc1cc(=NC(=O)OCc2ccc(OC)c(OC)c2)cnn1-c1ccccc1. The summed E-state index contributed by atoms with van der Waals surface area (Å²) in [6.07, 6.45) is 1.60. The van der Waals surface area contributed by atoms with Gasteiger partial charge in [-0.3, -0.25) is 0 Å². The first-order chi connectivity index (χ1) is 15.1. The van der Waals surface area contributed by atoms with Gasteiger partial charge in [-0.1, -0.05) is 31.2 Å². The Kier molecular flexibility index (Phi) is 7.64. The number of methoxy groups -OCH3 is 2. The maximum absolute atomic E-state index is 12.2. The molecule has 0 fully saturated rings. The zero-order chi connectivity index (χ0) is 22.1. The molecule has 0 saturated carbocycles. The summed E-state index contributed by atoms with van der Waals surface area (Å²) in [6.45, 7) is 2.58. The molecule has 1 aromatic heterocycles. The Morgan fingerprint density at radius 1 is 1.03 bits per heavy atom. The van der Waals surface area contributed by atoms with Crippen molar-refractivity contribution in [2.24, 2.45) is 4.99 Å². The number of carbonyl (C=O) groups is 1. The van der Waals surface area contributed by atoms with E-state index in [4.69, 9.17) is 18.9 Å². The van der Waals surface area contributed by atoms with Gasteiger partial charge in [0.05, 0.1) is 38.1 Å². The average Bonchev–Trinajstić information content (AvgIpc) is 2.81. The van der Waals surface area contributed by atoms with Gasteiger partial charge < -0.3 is 18.9 Å². The first-order valence-electron chi connectivity index (χ1n) is 9.84. The summed E-state index contributed by atoms with van der Waals surface area (Å²) >= 11 is 0. The van der Waals surface area contributed by atoms with Gasteiger partial charge in [0.15, 0.2) is 11.5 Å². The first kappa shape index (κ1) is 21.9. The van der Waals surface area contributed by atoms with Crippen molar-refractivity contribution in [3.8, 4) is 23.1 Å². The van der Waals surface area contributed by atoms with E-state index in [9.17, 15) is 4.79 Å². The van der Waals surface area contributed by atoms with Crippen LogP contribution in [-0.2, 0) is 11.3 Å². The lowest BCUT2D eigenvalue weighted by Gasteiger charge is -2.12. The molecule has 0 N–H and O–H groups in total. The van der Waals surface area contributed by atoms with Crippen LogP contribution < -0.4 is 19.6 Å². The van der Waals surface area contributed by atoms with E-state index in [0.29, 0.717) is 29.3 Å². The number of nitrogens with zero attached hydrogens (tertiary/aromatic N) is 3. The molecule has 3 aromatic rings.